The minimum Gasteiger partial charge on any atom is -0.457 e. The fourth-order valence-electron chi connectivity index (χ4n) is 3.83. The van der Waals surface area contributed by atoms with E-state index in [1.807, 2.05) is 24.3 Å². The van der Waals surface area contributed by atoms with Crippen LogP contribution in [0.2, 0.25) is 5.02 Å². The summed E-state index contributed by atoms with van der Waals surface area (Å²) in [6.45, 7) is 5.00. The van der Waals surface area contributed by atoms with Gasteiger partial charge in [0.25, 0.3) is 11.8 Å². The van der Waals surface area contributed by atoms with E-state index in [0.29, 0.717) is 28.7 Å². The van der Waals surface area contributed by atoms with E-state index in [-0.39, 0.29) is 17.5 Å². The number of quaternary nitrogens is 1. The van der Waals surface area contributed by atoms with Gasteiger partial charge >= 0.3 is 0 Å². The van der Waals surface area contributed by atoms with Crippen molar-refractivity contribution in [1.29, 1.82) is 0 Å². The maximum atomic E-state index is 13.0. The van der Waals surface area contributed by atoms with Crippen molar-refractivity contribution in [2.24, 2.45) is 0 Å². The van der Waals surface area contributed by atoms with E-state index in [2.05, 4.69) is 10.6 Å². The lowest BCUT2D eigenvalue weighted by atomic mass is 10.2. The van der Waals surface area contributed by atoms with Crippen LogP contribution < -0.4 is 15.5 Å². The number of hydrogen-bond acceptors (Lipinski definition) is 4. The molecule has 1 aromatic heterocycles. The quantitative estimate of drug-likeness (QED) is 0.315. The van der Waals surface area contributed by atoms with Crippen molar-refractivity contribution in [2.45, 2.75) is 6.42 Å². The highest BCUT2D eigenvalue weighted by atomic mass is 35.5. The molecule has 0 bridgehead atoms. The third-order valence-electron chi connectivity index (χ3n) is 5.76. The first-order chi connectivity index (χ1) is 17.1. The Labute approximate surface area is 209 Å². The second-order valence-corrected chi connectivity index (χ2v) is 8.75. The molecule has 2 aromatic carbocycles. The number of amides is 2. The molecular weight excluding hydrogens is 466 g/mol. The number of carbonyl (C=O) groups is 2. The first-order valence-corrected chi connectivity index (χ1v) is 12.1. The van der Waals surface area contributed by atoms with Crippen LogP contribution in [-0.4, -0.2) is 51.2 Å². The summed E-state index contributed by atoms with van der Waals surface area (Å²) >= 11 is 5.97. The van der Waals surface area contributed by atoms with Crippen LogP contribution in [0.3, 0.4) is 0 Å². The first-order valence-electron chi connectivity index (χ1n) is 11.7. The Hall–Kier alpha value is -3.39. The summed E-state index contributed by atoms with van der Waals surface area (Å²) in [6, 6.07) is 19.6. The fraction of sp³-hybridized carbons (Fsp3) is 0.259. The van der Waals surface area contributed by atoms with Crippen LogP contribution in [0.1, 0.15) is 22.5 Å². The molecule has 3 N–H and O–H groups in total. The van der Waals surface area contributed by atoms with Crippen LogP contribution in [-0.2, 0) is 9.53 Å². The summed E-state index contributed by atoms with van der Waals surface area (Å²) in [7, 11) is 0. The highest BCUT2D eigenvalue weighted by Gasteiger charge is 2.17. The van der Waals surface area contributed by atoms with Gasteiger partial charge in [-0.1, -0.05) is 29.8 Å². The zero-order chi connectivity index (χ0) is 24.5. The molecule has 3 aromatic rings. The molecule has 2 amide bonds. The summed E-state index contributed by atoms with van der Waals surface area (Å²) in [5.74, 6) is 0.353. The zero-order valence-electron chi connectivity index (χ0n) is 19.4. The predicted octanol–water partition coefficient (Wildman–Crippen LogP) is 2.79. The molecule has 0 spiro atoms. The van der Waals surface area contributed by atoms with Gasteiger partial charge in [0.1, 0.15) is 30.3 Å². The Kier molecular flexibility index (Phi) is 8.73. The van der Waals surface area contributed by atoms with E-state index in [4.69, 9.17) is 20.8 Å². The van der Waals surface area contributed by atoms with Crippen LogP contribution in [0.5, 0.6) is 0 Å². The Balaban J connectivity index is 1.45. The summed E-state index contributed by atoms with van der Waals surface area (Å²) in [5.41, 5.74) is 1.44. The minimum atomic E-state index is -0.366. The number of rotatable bonds is 9. The number of morpholine rings is 1. The van der Waals surface area contributed by atoms with E-state index < -0.39 is 0 Å². The molecule has 182 valence electrons. The summed E-state index contributed by atoms with van der Waals surface area (Å²) in [5, 5.41) is 6.30. The number of nitrogens with one attached hydrogen (secondary N) is 3. The van der Waals surface area contributed by atoms with E-state index in [1.165, 1.54) is 4.90 Å². The van der Waals surface area contributed by atoms with E-state index in [1.54, 1.807) is 48.5 Å². The average Bonchev–Trinajstić information content (AvgIpc) is 3.36. The second-order valence-electron chi connectivity index (χ2n) is 8.31. The predicted molar refractivity (Wildman–Crippen MR) is 135 cm³/mol. The summed E-state index contributed by atoms with van der Waals surface area (Å²) in [6.07, 6.45) is 2.38. The van der Waals surface area contributed by atoms with Crippen LogP contribution in [0, 0.1) is 0 Å². The highest BCUT2D eigenvalue weighted by Crippen LogP contribution is 2.24. The van der Waals surface area contributed by atoms with E-state index in [0.717, 1.165) is 44.8 Å². The third-order valence-corrected chi connectivity index (χ3v) is 6.02. The molecule has 1 aliphatic rings. The fourth-order valence-corrected chi connectivity index (χ4v) is 3.96. The molecule has 0 radical (unpaired) electrons. The lowest BCUT2D eigenvalue weighted by molar-refractivity contribution is -0.908. The first kappa shape index (κ1) is 24.7. The van der Waals surface area contributed by atoms with Crippen molar-refractivity contribution in [1.82, 2.24) is 10.6 Å². The molecule has 0 saturated carbocycles. The van der Waals surface area contributed by atoms with Crippen LogP contribution in [0.25, 0.3) is 17.4 Å². The van der Waals surface area contributed by atoms with Gasteiger partial charge in [-0.3, -0.25) is 9.59 Å². The number of ether oxygens (including phenoxy) is 1. The van der Waals surface area contributed by atoms with Gasteiger partial charge < -0.3 is 24.7 Å². The van der Waals surface area contributed by atoms with Gasteiger partial charge in [0.15, 0.2) is 0 Å². The molecule has 2 heterocycles. The van der Waals surface area contributed by atoms with E-state index in [9.17, 15) is 9.59 Å². The topological polar surface area (TPSA) is 85.0 Å². The molecule has 35 heavy (non-hydrogen) atoms. The molecule has 0 atom stereocenters. The van der Waals surface area contributed by atoms with Gasteiger partial charge in [-0.15, -0.1) is 0 Å². The number of hydrogen-bond donors (Lipinski definition) is 3. The normalized spacial score (nSPS) is 14.5. The molecule has 1 fully saturated rings. The van der Waals surface area contributed by atoms with Crippen LogP contribution in [0.15, 0.2) is 76.8 Å². The minimum absolute atomic E-state index is 0.120. The Bertz CT molecular complexity index is 1150. The van der Waals surface area contributed by atoms with Crippen molar-refractivity contribution >= 4 is 29.5 Å². The lowest BCUT2D eigenvalue weighted by Crippen LogP contribution is -3.14. The van der Waals surface area contributed by atoms with Gasteiger partial charge in [-0.25, -0.2) is 0 Å². The van der Waals surface area contributed by atoms with Gasteiger partial charge in [0.2, 0.25) is 0 Å². The molecule has 0 unspecified atom stereocenters. The molecular formula is C27H29ClN3O4+. The van der Waals surface area contributed by atoms with Crippen LogP contribution in [0.4, 0.5) is 0 Å². The maximum absolute atomic E-state index is 13.0. The Morgan fingerprint density at radius 2 is 1.71 bits per heavy atom. The van der Waals surface area contributed by atoms with Gasteiger partial charge in [0, 0.05) is 35.2 Å². The standard InChI is InChI=1S/C27H28ClN3O4/c28-22-9-7-20(8-10-22)25-12-11-23(35-25)19-24(30-26(32)21-5-2-1-3-6-21)27(33)29-13-4-14-31-15-17-34-18-16-31/h1-3,5-12,19H,4,13-18H2,(H,29,33)(H,30,32)/p+1. The monoisotopic (exact) mass is 494 g/mol. The van der Waals surface area contributed by atoms with Gasteiger partial charge in [-0.05, 0) is 48.5 Å². The van der Waals surface area contributed by atoms with Gasteiger partial charge in [-0.2, -0.15) is 0 Å². The number of halogens is 1. The molecule has 0 aliphatic carbocycles. The van der Waals surface area contributed by atoms with Crippen molar-refractivity contribution in [3.05, 3.63) is 88.8 Å². The molecule has 4 rings (SSSR count). The smallest absolute Gasteiger partial charge is 0.267 e. The summed E-state index contributed by atoms with van der Waals surface area (Å²) in [4.78, 5) is 27.2. The van der Waals surface area contributed by atoms with E-state index >= 15 is 0 Å². The largest absolute Gasteiger partial charge is 0.457 e. The Morgan fingerprint density at radius 3 is 2.46 bits per heavy atom. The van der Waals surface area contributed by atoms with Crippen molar-refractivity contribution in [3.8, 4) is 11.3 Å². The van der Waals surface area contributed by atoms with Crippen LogP contribution >= 0.6 is 11.6 Å². The lowest BCUT2D eigenvalue weighted by Gasteiger charge is -2.23. The Morgan fingerprint density at radius 1 is 0.971 bits per heavy atom. The average molecular weight is 495 g/mol. The second kappa shape index (κ2) is 12.4. The zero-order valence-corrected chi connectivity index (χ0v) is 20.1. The van der Waals surface area contributed by atoms with Gasteiger partial charge in [0.05, 0.1) is 19.8 Å². The molecule has 8 heteroatoms. The number of carbonyl (C=O) groups excluding carboxylic acids is 2. The maximum Gasteiger partial charge on any atom is 0.267 e. The van der Waals surface area contributed by atoms with Crippen molar-refractivity contribution in [3.63, 3.8) is 0 Å². The SMILES string of the molecule is O=C(NCCC[NH+]1CCOCC1)C(=Cc1ccc(-c2ccc(Cl)cc2)o1)NC(=O)c1ccccc1. The third kappa shape index (κ3) is 7.29. The number of furan rings is 1. The van der Waals surface area contributed by atoms with Crippen molar-refractivity contribution < 1.29 is 23.6 Å². The van der Waals surface area contributed by atoms with Crippen molar-refractivity contribution in [2.75, 3.05) is 39.4 Å². The molecule has 1 saturated heterocycles. The highest BCUT2D eigenvalue weighted by molar-refractivity contribution is 6.30. The summed E-state index contributed by atoms with van der Waals surface area (Å²) < 4.78 is 11.3. The molecule has 1 aliphatic heterocycles. The number of benzene rings is 2. The molecule has 7 nitrogen and oxygen atoms in total.